The molecule has 5 rings (SSSR count). The van der Waals surface area contributed by atoms with Gasteiger partial charge in [0.2, 0.25) is 10.0 Å². The van der Waals surface area contributed by atoms with Gasteiger partial charge in [-0.2, -0.15) is 0 Å². The topological polar surface area (TPSA) is 88.5 Å². The molecule has 4 aromatic rings. The van der Waals surface area contributed by atoms with Crippen molar-refractivity contribution < 1.29 is 13.2 Å². The first-order valence-corrected chi connectivity index (χ1v) is 14.9. The molecule has 202 valence electrons. The van der Waals surface area contributed by atoms with E-state index < -0.39 is 10.0 Å². The van der Waals surface area contributed by atoms with E-state index >= 15 is 0 Å². The van der Waals surface area contributed by atoms with Crippen LogP contribution in [0.5, 0.6) is 5.75 Å². The summed E-state index contributed by atoms with van der Waals surface area (Å²) < 4.78 is 34.0. The van der Waals surface area contributed by atoms with Crippen LogP contribution in [0.2, 0.25) is 5.02 Å². The molecule has 0 bridgehead atoms. The van der Waals surface area contributed by atoms with Gasteiger partial charge in [-0.05, 0) is 86.2 Å². The molecule has 0 saturated carbocycles. The van der Waals surface area contributed by atoms with Crippen molar-refractivity contribution in [3.8, 4) is 11.4 Å². The number of anilines is 2. The van der Waals surface area contributed by atoms with Gasteiger partial charge in [-0.3, -0.25) is 9.71 Å². The Morgan fingerprint density at radius 2 is 1.77 bits per heavy atom. The summed E-state index contributed by atoms with van der Waals surface area (Å²) in [6.45, 7) is 4.16. The molecule has 11 heteroatoms. The van der Waals surface area contributed by atoms with Gasteiger partial charge in [0.15, 0.2) is 5.11 Å². The van der Waals surface area contributed by atoms with Gasteiger partial charge < -0.3 is 19.5 Å². The second kappa shape index (κ2) is 10.5. The van der Waals surface area contributed by atoms with E-state index in [2.05, 4.69) is 39.5 Å². The molecule has 2 N–H and O–H groups in total. The SMILES string of the molecule is COc1cc(N2C(=S)NC(c3ccccn3)C2c2cc(C)n(-c3ccc(Cl)cc3)c2C)ccc1NS(C)(=O)=O. The third kappa shape index (κ3) is 5.32. The highest BCUT2D eigenvalue weighted by molar-refractivity contribution is 7.92. The van der Waals surface area contributed by atoms with Crippen molar-refractivity contribution in [2.75, 3.05) is 23.0 Å². The largest absolute Gasteiger partial charge is 0.494 e. The minimum Gasteiger partial charge on any atom is -0.494 e. The molecule has 0 radical (unpaired) electrons. The highest BCUT2D eigenvalue weighted by atomic mass is 35.5. The van der Waals surface area contributed by atoms with Crippen LogP contribution in [0.15, 0.2) is 72.9 Å². The number of aromatic nitrogens is 2. The van der Waals surface area contributed by atoms with E-state index in [4.69, 9.17) is 28.6 Å². The maximum atomic E-state index is 11.9. The van der Waals surface area contributed by atoms with Crippen molar-refractivity contribution >= 4 is 50.3 Å². The molecule has 3 heterocycles. The molecular formula is C28H28ClN5O3S2. The molecule has 1 aliphatic rings. The summed E-state index contributed by atoms with van der Waals surface area (Å²) in [7, 11) is -1.99. The van der Waals surface area contributed by atoms with Gasteiger partial charge in [-0.1, -0.05) is 17.7 Å². The van der Waals surface area contributed by atoms with Crippen LogP contribution in [0.1, 0.15) is 34.7 Å². The van der Waals surface area contributed by atoms with Crippen LogP contribution in [0.3, 0.4) is 0 Å². The molecule has 2 unspecified atom stereocenters. The van der Waals surface area contributed by atoms with Gasteiger partial charge in [0, 0.05) is 40.0 Å². The Labute approximate surface area is 238 Å². The van der Waals surface area contributed by atoms with Gasteiger partial charge in [0.25, 0.3) is 0 Å². The summed E-state index contributed by atoms with van der Waals surface area (Å²) in [5.74, 6) is 0.382. The normalized spacial score (nSPS) is 17.3. The maximum absolute atomic E-state index is 11.9. The van der Waals surface area contributed by atoms with Crippen molar-refractivity contribution in [1.82, 2.24) is 14.9 Å². The van der Waals surface area contributed by atoms with Crippen LogP contribution in [0, 0.1) is 13.8 Å². The number of ether oxygens (including phenoxy) is 1. The summed E-state index contributed by atoms with van der Waals surface area (Å²) in [6, 6.07) is 20.5. The number of benzene rings is 2. The number of aryl methyl sites for hydroxylation is 1. The number of hydrogen-bond acceptors (Lipinski definition) is 5. The highest BCUT2D eigenvalue weighted by Crippen LogP contribution is 2.45. The third-order valence-corrected chi connectivity index (χ3v) is 7.89. The predicted octanol–water partition coefficient (Wildman–Crippen LogP) is 5.70. The molecule has 8 nitrogen and oxygen atoms in total. The molecular weight excluding hydrogens is 554 g/mol. The van der Waals surface area contributed by atoms with Crippen LogP contribution in [0.25, 0.3) is 5.69 Å². The molecule has 1 fully saturated rings. The average molecular weight is 582 g/mol. The molecule has 2 atom stereocenters. The molecule has 1 saturated heterocycles. The number of rotatable bonds is 7. The number of halogens is 1. The quantitative estimate of drug-likeness (QED) is 0.271. The summed E-state index contributed by atoms with van der Waals surface area (Å²) in [5.41, 5.74) is 6.15. The Bertz CT molecular complexity index is 1640. The van der Waals surface area contributed by atoms with Crippen molar-refractivity contribution in [2.45, 2.75) is 25.9 Å². The van der Waals surface area contributed by atoms with E-state index in [0.29, 0.717) is 21.6 Å². The zero-order valence-corrected chi connectivity index (χ0v) is 24.2. The molecule has 2 aromatic heterocycles. The predicted molar refractivity (Wildman–Crippen MR) is 160 cm³/mol. The first-order valence-electron chi connectivity index (χ1n) is 12.2. The standard InChI is InChI=1S/C28H28ClN5O3S2/c1-17-15-22(18(2)33(17)20-10-8-19(29)9-11-20)27-26(24-7-5-6-14-30-24)31-28(38)34(27)21-12-13-23(25(16-21)37-3)32-39(4,35)36/h5-16,26-27,32H,1-4H3,(H,31,38). The fourth-order valence-electron chi connectivity index (χ4n) is 5.14. The number of pyridine rings is 1. The number of sulfonamides is 1. The lowest BCUT2D eigenvalue weighted by molar-refractivity contribution is 0.417. The molecule has 2 aromatic carbocycles. The first-order chi connectivity index (χ1) is 18.6. The molecule has 0 amide bonds. The smallest absolute Gasteiger partial charge is 0.229 e. The average Bonchev–Trinajstić information content (AvgIpc) is 3.39. The molecule has 39 heavy (non-hydrogen) atoms. The van der Waals surface area contributed by atoms with E-state index in [0.717, 1.165) is 40.3 Å². The van der Waals surface area contributed by atoms with E-state index in [1.165, 1.54) is 7.11 Å². The highest BCUT2D eigenvalue weighted by Gasteiger charge is 2.42. The van der Waals surface area contributed by atoms with Gasteiger partial charge in [-0.15, -0.1) is 0 Å². The van der Waals surface area contributed by atoms with Crippen molar-refractivity contribution in [3.05, 3.63) is 101 Å². The van der Waals surface area contributed by atoms with Gasteiger partial charge in [0.05, 0.1) is 36.8 Å². The number of nitrogens with zero attached hydrogens (tertiary/aromatic N) is 3. The van der Waals surface area contributed by atoms with Crippen molar-refractivity contribution in [1.29, 1.82) is 0 Å². The monoisotopic (exact) mass is 581 g/mol. The summed E-state index contributed by atoms with van der Waals surface area (Å²) >= 11 is 12.0. The van der Waals surface area contributed by atoms with E-state index in [-0.39, 0.29) is 12.1 Å². The summed E-state index contributed by atoms with van der Waals surface area (Å²) in [6.07, 6.45) is 2.87. The molecule has 0 aliphatic carbocycles. The third-order valence-electron chi connectivity index (χ3n) is 6.73. The number of nitrogens with one attached hydrogen (secondary N) is 2. The first kappa shape index (κ1) is 27.0. The number of methoxy groups -OCH3 is 1. The lowest BCUT2D eigenvalue weighted by atomic mass is 9.96. The Kier molecular flexibility index (Phi) is 7.28. The Hall–Kier alpha value is -3.60. The van der Waals surface area contributed by atoms with Crippen LogP contribution in [-0.2, 0) is 10.0 Å². The van der Waals surface area contributed by atoms with Crippen LogP contribution < -0.4 is 19.7 Å². The van der Waals surface area contributed by atoms with Gasteiger partial charge >= 0.3 is 0 Å². The Morgan fingerprint density at radius 1 is 1.05 bits per heavy atom. The second-order valence-corrected chi connectivity index (χ2v) is 12.0. The fourth-order valence-corrected chi connectivity index (χ4v) is 6.18. The van der Waals surface area contributed by atoms with Crippen molar-refractivity contribution in [2.24, 2.45) is 0 Å². The van der Waals surface area contributed by atoms with E-state index in [9.17, 15) is 8.42 Å². The Balaban J connectivity index is 1.66. The lowest BCUT2D eigenvalue weighted by Crippen LogP contribution is -2.29. The van der Waals surface area contributed by atoms with Crippen molar-refractivity contribution in [3.63, 3.8) is 0 Å². The summed E-state index contributed by atoms with van der Waals surface area (Å²) in [4.78, 5) is 6.68. The van der Waals surface area contributed by atoms with Crippen LogP contribution >= 0.6 is 23.8 Å². The number of thiocarbonyl (C=S) groups is 1. The Morgan fingerprint density at radius 3 is 2.41 bits per heavy atom. The fraction of sp³-hybridized carbons (Fsp3) is 0.214. The van der Waals surface area contributed by atoms with Gasteiger partial charge in [-0.25, -0.2) is 8.42 Å². The minimum absolute atomic E-state index is 0.238. The van der Waals surface area contributed by atoms with Gasteiger partial charge in [0.1, 0.15) is 5.75 Å². The molecule has 1 aliphatic heterocycles. The zero-order valence-electron chi connectivity index (χ0n) is 21.8. The van der Waals surface area contributed by atoms with Crippen LogP contribution in [-0.4, -0.2) is 36.4 Å². The minimum atomic E-state index is -3.49. The van der Waals surface area contributed by atoms with E-state index in [1.807, 2.05) is 53.4 Å². The summed E-state index contributed by atoms with van der Waals surface area (Å²) in [5, 5.41) is 4.68. The lowest BCUT2D eigenvalue weighted by Gasteiger charge is -2.29. The number of hydrogen-bond donors (Lipinski definition) is 2. The van der Waals surface area contributed by atoms with E-state index in [1.54, 1.807) is 18.3 Å². The zero-order chi connectivity index (χ0) is 27.9. The second-order valence-electron chi connectivity index (χ2n) is 9.39. The molecule has 0 spiro atoms. The van der Waals surface area contributed by atoms with Crippen LogP contribution in [0.4, 0.5) is 11.4 Å². The maximum Gasteiger partial charge on any atom is 0.229 e.